The van der Waals surface area contributed by atoms with Crippen LogP contribution in [0, 0.1) is 11.6 Å². The summed E-state index contributed by atoms with van der Waals surface area (Å²) in [6, 6.07) is 16.7. The molecule has 1 heterocycles. The Labute approximate surface area is 199 Å². The van der Waals surface area contributed by atoms with E-state index in [-0.39, 0.29) is 5.75 Å². The molecule has 1 amide bonds. The first-order valence-corrected chi connectivity index (χ1v) is 11.5. The Morgan fingerprint density at radius 1 is 1.00 bits per heavy atom. The highest BCUT2D eigenvalue weighted by Gasteiger charge is 2.20. The Morgan fingerprint density at radius 2 is 1.70 bits per heavy atom. The van der Waals surface area contributed by atoms with E-state index in [1.54, 1.807) is 6.07 Å². The maximum Gasteiger partial charge on any atom is 0.415 e. The maximum absolute atomic E-state index is 14.1. The highest BCUT2D eigenvalue weighted by molar-refractivity contribution is 9.10. The number of amides is 1. The van der Waals surface area contributed by atoms with Gasteiger partial charge < -0.3 is 14.2 Å². The van der Waals surface area contributed by atoms with E-state index in [1.807, 2.05) is 61.0 Å². The molecule has 7 heteroatoms. The molecule has 4 aromatic rings. The summed E-state index contributed by atoms with van der Waals surface area (Å²) in [5, 5.41) is 0.733. The van der Waals surface area contributed by atoms with Crippen LogP contribution < -0.4 is 4.74 Å². The van der Waals surface area contributed by atoms with Gasteiger partial charge in [-0.3, -0.25) is 0 Å². The van der Waals surface area contributed by atoms with E-state index in [2.05, 4.69) is 15.9 Å². The van der Waals surface area contributed by atoms with Crippen LogP contribution in [0.2, 0.25) is 0 Å². The monoisotopic (exact) mass is 512 g/mol. The minimum Gasteiger partial charge on any atom is -0.410 e. The molecule has 3 aromatic carbocycles. The van der Waals surface area contributed by atoms with E-state index >= 15 is 0 Å². The zero-order valence-corrected chi connectivity index (χ0v) is 19.9. The third-order valence-electron chi connectivity index (χ3n) is 5.58. The molecule has 0 aliphatic heterocycles. The van der Waals surface area contributed by atoms with Crippen molar-refractivity contribution in [3.8, 4) is 16.9 Å². The fraction of sp³-hybridized carbons (Fsp3) is 0.192. The van der Waals surface area contributed by atoms with Gasteiger partial charge in [-0.2, -0.15) is 0 Å². The lowest BCUT2D eigenvalue weighted by Crippen LogP contribution is -2.33. The number of ether oxygens (including phenoxy) is 1. The zero-order chi connectivity index (χ0) is 23.5. The van der Waals surface area contributed by atoms with Crippen LogP contribution in [0.3, 0.4) is 0 Å². The van der Waals surface area contributed by atoms with Gasteiger partial charge >= 0.3 is 6.09 Å². The Balaban J connectivity index is 1.86. The van der Waals surface area contributed by atoms with Gasteiger partial charge in [0.05, 0.1) is 0 Å². The van der Waals surface area contributed by atoms with Gasteiger partial charge in [0.1, 0.15) is 17.4 Å². The molecular formula is C26H23BrF2N2O2. The van der Waals surface area contributed by atoms with Gasteiger partial charge in [0.15, 0.2) is 0 Å². The van der Waals surface area contributed by atoms with Crippen molar-refractivity contribution in [2.45, 2.75) is 20.4 Å². The molecule has 1 aromatic heterocycles. The van der Waals surface area contributed by atoms with E-state index in [4.69, 9.17) is 4.74 Å². The predicted molar refractivity (Wildman–Crippen MR) is 129 cm³/mol. The van der Waals surface area contributed by atoms with E-state index in [1.165, 1.54) is 17.0 Å². The minimum absolute atomic E-state index is 0.253. The summed E-state index contributed by atoms with van der Waals surface area (Å²) in [6.07, 6.45) is 1.41. The molecule has 0 aliphatic carbocycles. The summed E-state index contributed by atoms with van der Waals surface area (Å²) in [5.41, 5.74) is 2.72. The third kappa shape index (κ3) is 4.78. The molecule has 4 nitrogen and oxygen atoms in total. The summed E-state index contributed by atoms with van der Waals surface area (Å²) >= 11 is 3.58. The quantitative estimate of drug-likeness (QED) is 0.273. The number of aromatic nitrogens is 1. The second-order valence-electron chi connectivity index (χ2n) is 7.60. The van der Waals surface area contributed by atoms with Gasteiger partial charge in [0.2, 0.25) is 0 Å². The second-order valence-corrected chi connectivity index (χ2v) is 8.46. The summed E-state index contributed by atoms with van der Waals surface area (Å²) in [5.74, 6) is -1.14. The smallest absolute Gasteiger partial charge is 0.410 e. The van der Waals surface area contributed by atoms with Crippen molar-refractivity contribution in [3.63, 3.8) is 0 Å². The zero-order valence-electron chi connectivity index (χ0n) is 18.3. The van der Waals surface area contributed by atoms with Gasteiger partial charge in [0.25, 0.3) is 0 Å². The van der Waals surface area contributed by atoms with Crippen molar-refractivity contribution in [3.05, 3.63) is 88.5 Å². The van der Waals surface area contributed by atoms with Crippen molar-refractivity contribution in [1.82, 2.24) is 9.47 Å². The summed E-state index contributed by atoms with van der Waals surface area (Å²) in [7, 11) is 0. The van der Waals surface area contributed by atoms with Crippen LogP contribution in [-0.2, 0) is 6.54 Å². The number of benzene rings is 3. The molecular weight excluding hydrogens is 490 g/mol. The number of rotatable bonds is 6. The van der Waals surface area contributed by atoms with Crippen LogP contribution in [0.1, 0.15) is 19.4 Å². The molecule has 0 unspecified atom stereocenters. The van der Waals surface area contributed by atoms with E-state index in [0.717, 1.165) is 27.0 Å². The van der Waals surface area contributed by atoms with Crippen molar-refractivity contribution in [2.75, 3.05) is 13.1 Å². The number of hydrogen-bond donors (Lipinski definition) is 0. The molecule has 0 N–H and O–H groups in total. The van der Waals surface area contributed by atoms with Gasteiger partial charge in [-0.1, -0.05) is 34.1 Å². The molecule has 0 fully saturated rings. The summed E-state index contributed by atoms with van der Waals surface area (Å²) in [4.78, 5) is 14.2. The molecule has 0 saturated heterocycles. The molecule has 0 atom stereocenters. The molecule has 0 spiro atoms. The Bertz CT molecular complexity index is 1290. The van der Waals surface area contributed by atoms with Crippen molar-refractivity contribution in [1.29, 1.82) is 0 Å². The Kier molecular flexibility index (Phi) is 6.79. The van der Waals surface area contributed by atoms with Crippen LogP contribution in [0.4, 0.5) is 13.6 Å². The summed E-state index contributed by atoms with van der Waals surface area (Å²) in [6.45, 7) is 5.30. The molecule has 33 heavy (non-hydrogen) atoms. The third-order valence-corrected chi connectivity index (χ3v) is 6.36. The lowest BCUT2D eigenvalue weighted by molar-refractivity contribution is 0.157. The molecule has 4 rings (SSSR count). The largest absolute Gasteiger partial charge is 0.415 e. The standard InChI is InChI=1S/C26H23BrF2N2O2/c1-3-30(4-2)26(32)33-24-10-9-23-21(25(24)18-13-19(28)15-20(29)14-18)11-12-31(23)16-17-7-5-6-8-22(17)27/h5-15H,3-4,16H2,1-2H3. The Morgan fingerprint density at radius 3 is 2.36 bits per heavy atom. The number of nitrogens with zero attached hydrogens (tertiary/aromatic N) is 2. The molecule has 0 radical (unpaired) electrons. The topological polar surface area (TPSA) is 34.5 Å². The van der Waals surface area contributed by atoms with Crippen molar-refractivity contribution < 1.29 is 18.3 Å². The Hall–Kier alpha value is -3.19. The normalized spacial score (nSPS) is 11.1. The number of carbonyl (C=O) groups is 1. The minimum atomic E-state index is -0.698. The fourth-order valence-electron chi connectivity index (χ4n) is 3.92. The van der Waals surface area contributed by atoms with E-state index in [9.17, 15) is 13.6 Å². The average Bonchev–Trinajstić information content (AvgIpc) is 3.18. The highest BCUT2D eigenvalue weighted by atomic mass is 79.9. The molecule has 0 saturated carbocycles. The first-order valence-electron chi connectivity index (χ1n) is 10.7. The highest BCUT2D eigenvalue weighted by Crippen LogP contribution is 2.39. The molecule has 0 bridgehead atoms. The van der Waals surface area contributed by atoms with Crippen LogP contribution in [0.15, 0.2) is 71.3 Å². The number of carbonyl (C=O) groups excluding carboxylic acids is 1. The van der Waals surface area contributed by atoms with Gasteiger partial charge in [-0.05, 0) is 61.4 Å². The van der Waals surface area contributed by atoms with Crippen LogP contribution >= 0.6 is 15.9 Å². The van der Waals surface area contributed by atoms with Crippen LogP contribution in [-0.4, -0.2) is 28.6 Å². The summed E-state index contributed by atoms with van der Waals surface area (Å²) < 4.78 is 37.0. The van der Waals surface area contributed by atoms with Crippen LogP contribution in [0.25, 0.3) is 22.0 Å². The maximum atomic E-state index is 14.1. The van der Waals surface area contributed by atoms with Gasteiger partial charge in [-0.15, -0.1) is 0 Å². The number of hydrogen-bond acceptors (Lipinski definition) is 2. The van der Waals surface area contributed by atoms with Gasteiger partial charge in [-0.25, -0.2) is 13.6 Å². The van der Waals surface area contributed by atoms with Crippen LogP contribution in [0.5, 0.6) is 5.75 Å². The number of fused-ring (bicyclic) bond motifs is 1. The average molecular weight is 513 g/mol. The molecule has 170 valence electrons. The first kappa shape index (κ1) is 23.0. The van der Waals surface area contributed by atoms with Gasteiger partial charge in [0, 0.05) is 52.8 Å². The lowest BCUT2D eigenvalue weighted by atomic mass is 10.00. The van der Waals surface area contributed by atoms with E-state index < -0.39 is 17.7 Å². The lowest BCUT2D eigenvalue weighted by Gasteiger charge is -2.20. The van der Waals surface area contributed by atoms with Crippen molar-refractivity contribution >= 4 is 32.9 Å². The van der Waals surface area contributed by atoms with E-state index in [0.29, 0.717) is 30.8 Å². The van der Waals surface area contributed by atoms with Crippen molar-refractivity contribution in [2.24, 2.45) is 0 Å². The first-order chi connectivity index (χ1) is 15.9. The number of halogens is 3. The SMILES string of the molecule is CCN(CC)C(=O)Oc1ccc2c(ccn2Cc2ccccc2Br)c1-c1cc(F)cc(F)c1. The molecule has 0 aliphatic rings. The fourth-order valence-corrected chi connectivity index (χ4v) is 4.33. The second kappa shape index (κ2) is 9.75. The predicted octanol–water partition coefficient (Wildman–Crippen LogP) is 7.24.